The van der Waals surface area contributed by atoms with E-state index in [1.54, 1.807) is 24.9 Å². The van der Waals surface area contributed by atoms with Crippen molar-refractivity contribution in [1.82, 2.24) is 14.8 Å². The second-order valence-corrected chi connectivity index (χ2v) is 5.52. The fourth-order valence-corrected chi connectivity index (χ4v) is 2.25. The molecule has 2 rings (SSSR count). The Balaban J connectivity index is 2.04. The molecule has 0 radical (unpaired) electrons. The summed E-state index contributed by atoms with van der Waals surface area (Å²) in [4.78, 5) is 12.0. The summed E-state index contributed by atoms with van der Waals surface area (Å²) in [7, 11) is 1.78. The summed E-state index contributed by atoms with van der Waals surface area (Å²) >= 11 is 1.24. The van der Waals surface area contributed by atoms with E-state index in [1.807, 2.05) is 0 Å². The van der Waals surface area contributed by atoms with Gasteiger partial charge in [0, 0.05) is 12.7 Å². The lowest BCUT2D eigenvalue weighted by atomic mass is 10.2. The lowest BCUT2D eigenvalue weighted by Gasteiger charge is -2.12. The van der Waals surface area contributed by atoms with Crippen LogP contribution in [-0.4, -0.2) is 25.9 Å². The van der Waals surface area contributed by atoms with Crippen molar-refractivity contribution in [1.29, 1.82) is 0 Å². The first kappa shape index (κ1) is 14.3. The summed E-state index contributed by atoms with van der Waals surface area (Å²) < 4.78 is 15.2. The molecule has 1 heterocycles. The van der Waals surface area contributed by atoms with Gasteiger partial charge >= 0.3 is 0 Å². The Labute approximate surface area is 119 Å². The maximum atomic E-state index is 13.5. The average Bonchev–Trinajstić information content (AvgIpc) is 2.79. The summed E-state index contributed by atoms with van der Waals surface area (Å²) in [6.07, 6.45) is 1.55. The van der Waals surface area contributed by atoms with E-state index < -0.39 is 11.1 Å². The molecular weight excluding hydrogens is 281 g/mol. The number of amides is 1. The molecule has 2 aromatic rings. The SMILES string of the molecule is CC(Sc1nncn1C)C(=O)Nc1cc(N)ccc1F. The number of carbonyl (C=O) groups is 1. The van der Waals surface area contributed by atoms with Crippen LogP contribution >= 0.6 is 11.8 Å². The highest BCUT2D eigenvalue weighted by Gasteiger charge is 2.18. The number of nitrogens with one attached hydrogen (secondary N) is 1. The van der Waals surface area contributed by atoms with Gasteiger partial charge < -0.3 is 15.6 Å². The minimum absolute atomic E-state index is 0.0698. The average molecular weight is 295 g/mol. The van der Waals surface area contributed by atoms with Crippen LogP contribution in [0.5, 0.6) is 0 Å². The highest BCUT2D eigenvalue weighted by molar-refractivity contribution is 8.00. The smallest absolute Gasteiger partial charge is 0.237 e. The van der Waals surface area contributed by atoms with E-state index in [-0.39, 0.29) is 11.6 Å². The number of hydrogen-bond acceptors (Lipinski definition) is 5. The van der Waals surface area contributed by atoms with Crippen molar-refractivity contribution in [3.63, 3.8) is 0 Å². The van der Waals surface area contributed by atoms with Gasteiger partial charge in [-0.3, -0.25) is 4.79 Å². The number of halogens is 1. The van der Waals surface area contributed by atoms with E-state index in [0.717, 1.165) is 0 Å². The van der Waals surface area contributed by atoms with Gasteiger partial charge in [0.1, 0.15) is 12.1 Å². The van der Waals surface area contributed by atoms with E-state index in [0.29, 0.717) is 10.8 Å². The fraction of sp³-hybridized carbons (Fsp3) is 0.250. The maximum absolute atomic E-state index is 13.5. The van der Waals surface area contributed by atoms with Crippen molar-refractivity contribution < 1.29 is 9.18 Å². The standard InChI is InChI=1S/C12H14FN5OS/c1-7(20-12-17-15-6-18(12)2)11(19)16-10-5-8(14)3-4-9(10)13/h3-7H,14H2,1-2H3,(H,16,19). The van der Waals surface area contributed by atoms with Crippen molar-refractivity contribution >= 4 is 29.0 Å². The Morgan fingerprint density at radius 3 is 2.95 bits per heavy atom. The third kappa shape index (κ3) is 3.27. The molecule has 3 N–H and O–H groups in total. The number of carbonyl (C=O) groups excluding carboxylic acids is 1. The Morgan fingerprint density at radius 1 is 1.55 bits per heavy atom. The highest BCUT2D eigenvalue weighted by atomic mass is 32.2. The van der Waals surface area contributed by atoms with Crippen LogP contribution in [0, 0.1) is 5.82 Å². The molecule has 0 bridgehead atoms. The Morgan fingerprint density at radius 2 is 2.30 bits per heavy atom. The van der Waals surface area contributed by atoms with Crippen molar-refractivity contribution in [2.45, 2.75) is 17.3 Å². The number of nitrogens with two attached hydrogens (primary N) is 1. The molecule has 6 nitrogen and oxygen atoms in total. The Kier molecular flexibility index (Phi) is 4.23. The molecule has 20 heavy (non-hydrogen) atoms. The topological polar surface area (TPSA) is 85.8 Å². The van der Waals surface area contributed by atoms with Crippen LogP contribution in [0.2, 0.25) is 0 Å². The van der Waals surface area contributed by atoms with Crippen LogP contribution in [-0.2, 0) is 11.8 Å². The van der Waals surface area contributed by atoms with E-state index in [2.05, 4.69) is 15.5 Å². The molecule has 1 aromatic carbocycles. The normalized spacial score (nSPS) is 12.2. The second kappa shape index (κ2) is 5.91. The molecule has 0 fully saturated rings. The summed E-state index contributed by atoms with van der Waals surface area (Å²) in [6, 6.07) is 4.03. The minimum Gasteiger partial charge on any atom is -0.399 e. The number of thioether (sulfide) groups is 1. The first-order valence-corrected chi connectivity index (χ1v) is 6.72. The molecule has 0 saturated heterocycles. The molecule has 106 valence electrons. The van der Waals surface area contributed by atoms with Crippen LogP contribution in [0.1, 0.15) is 6.92 Å². The van der Waals surface area contributed by atoms with E-state index >= 15 is 0 Å². The zero-order valence-corrected chi connectivity index (χ0v) is 11.8. The van der Waals surface area contributed by atoms with Gasteiger partial charge in [0.2, 0.25) is 5.91 Å². The number of hydrogen-bond donors (Lipinski definition) is 2. The predicted octanol–water partition coefficient (Wildman–Crippen LogP) is 1.66. The van der Waals surface area contributed by atoms with Gasteiger partial charge in [-0.15, -0.1) is 10.2 Å². The molecule has 0 aliphatic heterocycles. The summed E-state index contributed by atoms with van der Waals surface area (Å²) in [5.41, 5.74) is 6.02. The molecule has 1 amide bonds. The molecule has 0 aliphatic rings. The zero-order valence-electron chi connectivity index (χ0n) is 11.0. The lowest BCUT2D eigenvalue weighted by Crippen LogP contribution is -2.23. The quantitative estimate of drug-likeness (QED) is 0.662. The van der Waals surface area contributed by atoms with E-state index in [1.165, 1.54) is 30.0 Å². The predicted molar refractivity (Wildman–Crippen MR) is 75.8 cm³/mol. The number of aryl methyl sites for hydroxylation is 1. The van der Waals surface area contributed by atoms with Gasteiger partial charge in [0.25, 0.3) is 0 Å². The summed E-state index contributed by atoms with van der Waals surface area (Å²) in [5, 5.41) is 10.3. The van der Waals surface area contributed by atoms with Crippen LogP contribution < -0.4 is 11.1 Å². The van der Waals surface area contributed by atoms with Crippen molar-refractivity contribution in [3.8, 4) is 0 Å². The van der Waals surface area contributed by atoms with Crippen molar-refractivity contribution in [2.24, 2.45) is 7.05 Å². The fourth-order valence-electron chi connectivity index (χ4n) is 1.46. The highest BCUT2D eigenvalue weighted by Crippen LogP contribution is 2.23. The third-order valence-electron chi connectivity index (χ3n) is 2.57. The van der Waals surface area contributed by atoms with Crippen molar-refractivity contribution in [3.05, 3.63) is 30.3 Å². The molecule has 8 heteroatoms. The first-order chi connectivity index (χ1) is 9.47. The molecule has 0 aliphatic carbocycles. The Bertz CT molecular complexity index is 630. The van der Waals surface area contributed by atoms with Crippen LogP contribution in [0.15, 0.2) is 29.7 Å². The third-order valence-corrected chi connectivity index (χ3v) is 3.72. The van der Waals surface area contributed by atoms with E-state index in [9.17, 15) is 9.18 Å². The molecule has 1 aromatic heterocycles. The molecule has 0 spiro atoms. The van der Waals surface area contributed by atoms with Gasteiger partial charge in [0.15, 0.2) is 5.16 Å². The number of nitrogens with zero attached hydrogens (tertiary/aromatic N) is 3. The van der Waals surface area contributed by atoms with Gasteiger partial charge in [-0.05, 0) is 25.1 Å². The largest absolute Gasteiger partial charge is 0.399 e. The second-order valence-electron chi connectivity index (χ2n) is 4.21. The minimum atomic E-state index is -0.525. The van der Waals surface area contributed by atoms with Gasteiger partial charge in [-0.1, -0.05) is 11.8 Å². The first-order valence-electron chi connectivity index (χ1n) is 5.84. The zero-order chi connectivity index (χ0) is 14.7. The van der Waals surface area contributed by atoms with Crippen molar-refractivity contribution in [2.75, 3.05) is 11.1 Å². The van der Waals surface area contributed by atoms with Gasteiger partial charge in [-0.2, -0.15) is 0 Å². The molecule has 1 unspecified atom stereocenters. The van der Waals surface area contributed by atoms with Crippen LogP contribution in [0.25, 0.3) is 0 Å². The summed E-state index contributed by atoms with van der Waals surface area (Å²) in [6.45, 7) is 1.71. The molecular formula is C12H14FN5OS. The van der Waals surface area contributed by atoms with Gasteiger partial charge in [-0.25, -0.2) is 4.39 Å². The number of aromatic nitrogens is 3. The maximum Gasteiger partial charge on any atom is 0.237 e. The summed E-state index contributed by atoms with van der Waals surface area (Å²) in [5.74, 6) is -0.856. The monoisotopic (exact) mass is 295 g/mol. The number of rotatable bonds is 4. The Hall–Kier alpha value is -2.09. The van der Waals surface area contributed by atoms with E-state index in [4.69, 9.17) is 5.73 Å². The van der Waals surface area contributed by atoms with Gasteiger partial charge in [0.05, 0.1) is 10.9 Å². The molecule has 1 atom stereocenters. The van der Waals surface area contributed by atoms with Crippen LogP contribution in [0.3, 0.4) is 0 Å². The number of nitrogen functional groups attached to an aromatic ring is 1. The van der Waals surface area contributed by atoms with Crippen LogP contribution in [0.4, 0.5) is 15.8 Å². The lowest BCUT2D eigenvalue weighted by molar-refractivity contribution is -0.115. The number of benzene rings is 1. The number of anilines is 2. The molecule has 0 saturated carbocycles.